The fraction of sp³-hybridized carbons (Fsp3) is 0.750. The van der Waals surface area contributed by atoms with Crippen LogP contribution in [0.1, 0.15) is 6.92 Å². The third-order valence-corrected chi connectivity index (χ3v) is 0.440. The Morgan fingerprint density at radius 3 is 2.00 bits per heavy atom. The van der Waals surface area contributed by atoms with E-state index in [0.29, 0.717) is 0 Å². The van der Waals surface area contributed by atoms with Crippen LogP contribution in [-0.4, -0.2) is 18.0 Å². The summed E-state index contributed by atoms with van der Waals surface area (Å²) in [5.41, 5.74) is 0. The Morgan fingerprint density at radius 2 is 2.00 bits per heavy atom. The summed E-state index contributed by atoms with van der Waals surface area (Å²) in [5.74, 6) is -1.21. The lowest BCUT2D eigenvalue weighted by Crippen LogP contribution is -2.20. The van der Waals surface area contributed by atoms with Crippen LogP contribution in [0.3, 0.4) is 0 Å². The normalized spacial score (nSPS) is 12.0. The Labute approximate surface area is 37.7 Å². The molecular weight excluding hydrogens is 80.0 g/mol. The van der Waals surface area contributed by atoms with Crippen LogP contribution >= 0.6 is 0 Å². The van der Waals surface area contributed by atoms with Crippen molar-refractivity contribution in [2.24, 2.45) is 0 Å². The quantitative estimate of drug-likeness (QED) is 0.464. The highest BCUT2D eigenvalue weighted by Crippen LogP contribution is 1.96. The van der Waals surface area contributed by atoms with Crippen LogP contribution in [0.25, 0.3) is 0 Å². The molecule has 0 aromatic rings. The third-order valence-electron chi connectivity index (χ3n) is 0.440. The summed E-state index contributed by atoms with van der Waals surface area (Å²) in [4.78, 5) is 0. The molecule has 0 heterocycles. The summed E-state index contributed by atoms with van der Waals surface area (Å²) in [6.45, 7) is 4.69. The summed E-state index contributed by atoms with van der Waals surface area (Å²) in [7, 11) is 1.40. The molecule has 0 aliphatic heterocycles. The smallest absolute Gasteiger partial charge is 0.162 e. The van der Waals surface area contributed by atoms with E-state index in [1.807, 2.05) is 0 Å². The first-order valence-corrected chi connectivity index (χ1v) is 1.69. The maximum atomic E-state index is 8.49. The van der Waals surface area contributed by atoms with Crippen molar-refractivity contribution in [1.29, 1.82) is 0 Å². The van der Waals surface area contributed by atoms with E-state index in [1.165, 1.54) is 14.0 Å². The minimum Gasteiger partial charge on any atom is -0.366 e. The van der Waals surface area contributed by atoms with Gasteiger partial charge in [0.1, 0.15) is 0 Å². The van der Waals surface area contributed by atoms with Crippen molar-refractivity contribution in [3.05, 3.63) is 6.92 Å². The molecule has 0 aromatic heterocycles. The molecule has 1 N–H and O–H groups in total. The minimum absolute atomic E-state index is 1.21. The van der Waals surface area contributed by atoms with Gasteiger partial charge in [-0.2, -0.15) is 0 Å². The largest absolute Gasteiger partial charge is 0.366 e. The molecular formula is C4H9O2. The standard InChI is InChI=1S/C4H9O2/c1-4(2,5)6-3/h5H,1H2,2-3H3. The molecule has 0 fully saturated rings. The van der Waals surface area contributed by atoms with Gasteiger partial charge in [-0.1, -0.05) is 0 Å². The highest BCUT2D eigenvalue weighted by Gasteiger charge is 2.06. The van der Waals surface area contributed by atoms with Crippen molar-refractivity contribution in [3.63, 3.8) is 0 Å². The van der Waals surface area contributed by atoms with Crippen molar-refractivity contribution < 1.29 is 9.84 Å². The number of hydrogen-bond donors (Lipinski definition) is 1. The summed E-state index contributed by atoms with van der Waals surface area (Å²) in [6.07, 6.45) is 0. The van der Waals surface area contributed by atoms with Gasteiger partial charge in [-0.15, -0.1) is 0 Å². The van der Waals surface area contributed by atoms with Gasteiger partial charge in [0.25, 0.3) is 0 Å². The van der Waals surface area contributed by atoms with Crippen molar-refractivity contribution >= 4 is 0 Å². The molecule has 1 unspecified atom stereocenters. The minimum atomic E-state index is -1.21. The van der Waals surface area contributed by atoms with Gasteiger partial charge in [0.2, 0.25) is 0 Å². The van der Waals surface area contributed by atoms with E-state index >= 15 is 0 Å². The highest BCUT2D eigenvalue weighted by molar-refractivity contribution is 4.57. The molecule has 0 saturated carbocycles. The lowest BCUT2D eigenvalue weighted by molar-refractivity contribution is -0.133. The van der Waals surface area contributed by atoms with Crippen molar-refractivity contribution in [2.75, 3.05) is 7.11 Å². The number of aliphatic hydroxyl groups is 1. The molecule has 0 aliphatic rings. The maximum Gasteiger partial charge on any atom is 0.162 e. The molecule has 6 heavy (non-hydrogen) atoms. The Bertz CT molecular complexity index is 35.3. The third kappa shape index (κ3) is 3.92. The predicted molar refractivity (Wildman–Crippen MR) is 23.0 cm³/mol. The van der Waals surface area contributed by atoms with E-state index < -0.39 is 5.79 Å². The molecule has 37 valence electrons. The summed E-state index contributed by atoms with van der Waals surface area (Å²) in [5, 5.41) is 8.49. The van der Waals surface area contributed by atoms with E-state index in [9.17, 15) is 0 Å². The Balaban J connectivity index is 3.17. The monoisotopic (exact) mass is 89.1 g/mol. The maximum absolute atomic E-state index is 8.49. The molecule has 0 aliphatic carbocycles. The first-order chi connectivity index (χ1) is 2.56. The van der Waals surface area contributed by atoms with Gasteiger partial charge in [0.15, 0.2) is 5.79 Å². The van der Waals surface area contributed by atoms with Crippen LogP contribution in [0.15, 0.2) is 0 Å². The second-order valence-corrected chi connectivity index (χ2v) is 1.38. The van der Waals surface area contributed by atoms with Gasteiger partial charge in [-0.05, 0) is 6.92 Å². The zero-order valence-corrected chi connectivity index (χ0v) is 4.06. The molecule has 1 atom stereocenters. The van der Waals surface area contributed by atoms with E-state index in [0.717, 1.165) is 0 Å². The van der Waals surface area contributed by atoms with E-state index in [-0.39, 0.29) is 0 Å². The average molecular weight is 89.1 g/mol. The average Bonchev–Trinajstić information content (AvgIpc) is 1.35. The first kappa shape index (κ1) is 5.92. The fourth-order valence-corrected chi connectivity index (χ4v) is 0. The Kier molecular flexibility index (Phi) is 1.56. The molecule has 0 amide bonds. The molecule has 0 spiro atoms. The molecule has 1 radical (unpaired) electrons. The van der Waals surface area contributed by atoms with Crippen LogP contribution in [0.4, 0.5) is 0 Å². The number of hydrogen-bond acceptors (Lipinski definition) is 2. The second-order valence-electron chi connectivity index (χ2n) is 1.38. The predicted octanol–water partition coefficient (Wildman–Crippen LogP) is 0.175. The molecule has 0 bridgehead atoms. The van der Waals surface area contributed by atoms with Gasteiger partial charge in [-0.3, -0.25) is 0 Å². The number of ether oxygens (including phenoxy) is 1. The lowest BCUT2D eigenvalue weighted by Gasteiger charge is -2.12. The van der Waals surface area contributed by atoms with Crippen molar-refractivity contribution in [3.8, 4) is 0 Å². The van der Waals surface area contributed by atoms with E-state index in [1.54, 1.807) is 0 Å². The highest BCUT2D eigenvalue weighted by atomic mass is 16.6. The topological polar surface area (TPSA) is 29.5 Å². The zero-order chi connectivity index (χ0) is 5.21. The van der Waals surface area contributed by atoms with Crippen LogP contribution < -0.4 is 0 Å². The molecule has 2 nitrogen and oxygen atoms in total. The number of rotatable bonds is 1. The van der Waals surface area contributed by atoms with E-state index in [4.69, 9.17) is 5.11 Å². The van der Waals surface area contributed by atoms with Crippen LogP contribution in [0.2, 0.25) is 0 Å². The second kappa shape index (κ2) is 1.58. The Morgan fingerprint density at radius 1 is 1.83 bits per heavy atom. The fourth-order valence-electron chi connectivity index (χ4n) is 0. The Hall–Kier alpha value is -0.0800. The van der Waals surface area contributed by atoms with Gasteiger partial charge in [0, 0.05) is 14.0 Å². The van der Waals surface area contributed by atoms with Crippen LogP contribution in [0, 0.1) is 6.92 Å². The van der Waals surface area contributed by atoms with Crippen molar-refractivity contribution in [1.82, 2.24) is 0 Å². The molecule has 2 heteroatoms. The SMILES string of the molecule is [CH2]C(C)(O)OC. The zero-order valence-electron chi connectivity index (χ0n) is 4.06. The summed E-state index contributed by atoms with van der Waals surface area (Å²) in [6, 6.07) is 0. The molecule has 0 aromatic carbocycles. The lowest BCUT2D eigenvalue weighted by atomic mass is 10.4. The van der Waals surface area contributed by atoms with E-state index in [2.05, 4.69) is 11.7 Å². The van der Waals surface area contributed by atoms with Gasteiger partial charge < -0.3 is 9.84 Å². The van der Waals surface area contributed by atoms with Gasteiger partial charge in [0.05, 0.1) is 0 Å². The van der Waals surface area contributed by atoms with Crippen molar-refractivity contribution in [2.45, 2.75) is 12.7 Å². The van der Waals surface area contributed by atoms with Crippen LogP contribution in [-0.2, 0) is 4.74 Å². The number of methoxy groups -OCH3 is 1. The molecule has 0 saturated heterocycles. The van der Waals surface area contributed by atoms with Gasteiger partial charge >= 0.3 is 0 Å². The van der Waals surface area contributed by atoms with Crippen LogP contribution in [0.5, 0.6) is 0 Å². The van der Waals surface area contributed by atoms with Gasteiger partial charge in [-0.25, -0.2) is 0 Å². The first-order valence-electron chi connectivity index (χ1n) is 1.69. The molecule has 0 rings (SSSR count). The summed E-state index contributed by atoms with van der Waals surface area (Å²) < 4.78 is 4.38. The summed E-state index contributed by atoms with van der Waals surface area (Å²) >= 11 is 0.